The summed E-state index contributed by atoms with van der Waals surface area (Å²) in [6.07, 6.45) is 7.93. The lowest BCUT2D eigenvalue weighted by Gasteiger charge is -2.25. The monoisotopic (exact) mass is 278 g/mol. The molecule has 1 N–H and O–H groups in total. The fourth-order valence-corrected chi connectivity index (χ4v) is 4.53. The summed E-state index contributed by atoms with van der Waals surface area (Å²) in [4.78, 5) is 0. The fourth-order valence-electron chi connectivity index (χ4n) is 4.31. The normalized spacial score (nSPS) is 30.7. The van der Waals surface area contributed by atoms with Crippen molar-refractivity contribution in [2.75, 3.05) is 6.61 Å². The van der Waals surface area contributed by atoms with E-state index in [1.807, 2.05) is 18.2 Å². The van der Waals surface area contributed by atoms with Crippen LogP contribution in [0, 0.1) is 23.7 Å². The molecule has 0 radical (unpaired) electrons. The van der Waals surface area contributed by atoms with Gasteiger partial charge in [0.2, 0.25) is 0 Å². The zero-order chi connectivity index (χ0) is 13.2. The summed E-state index contributed by atoms with van der Waals surface area (Å²) in [5.74, 6) is 3.23. The van der Waals surface area contributed by atoms with E-state index in [1.54, 1.807) is 0 Å². The van der Waals surface area contributed by atoms with Gasteiger partial charge in [0.15, 0.2) is 0 Å². The highest BCUT2D eigenvalue weighted by molar-refractivity contribution is 6.30. The number of rotatable bonds is 5. The quantitative estimate of drug-likeness (QED) is 0.851. The molecule has 2 saturated carbocycles. The molecule has 4 atom stereocenters. The Balaban J connectivity index is 1.59. The molecule has 4 unspecified atom stereocenters. The number of hydrogen-bond acceptors (Lipinski definition) is 1. The summed E-state index contributed by atoms with van der Waals surface area (Å²) >= 11 is 6.03. The van der Waals surface area contributed by atoms with Crippen molar-refractivity contribution in [1.29, 1.82) is 0 Å². The second-order valence-electron chi connectivity index (χ2n) is 6.55. The first kappa shape index (κ1) is 13.5. The van der Waals surface area contributed by atoms with Crippen molar-refractivity contribution in [3.63, 3.8) is 0 Å². The average Bonchev–Trinajstić information content (AvgIpc) is 3.00. The first-order valence-corrected chi connectivity index (χ1v) is 7.97. The van der Waals surface area contributed by atoms with Gasteiger partial charge in [-0.1, -0.05) is 30.2 Å². The maximum Gasteiger partial charge on any atom is 0.0462 e. The third-order valence-electron chi connectivity index (χ3n) is 5.19. The van der Waals surface area contributed by atoms with Crippen LogP contribution < -0.4 is 0 Å². The highest BCUT2D eigenvalue weighted by atomic mass is 35.5. The van der Waals surface area contributed by atoms with Gasteiger partial charge in [0, 0.05) is 11.6 Å². The fraction of sp³-hybridized carbons (Fsp3) is 0.647. The number of aliphatic hydroxyl groups is 1. The zero-order valence-electron chi connectivity index (χ0n) is 11.4. The van der Waals surface area contributed by atoms with Gasteiger partial charge in [-0.15, -0.1) is 0 Å². The molecule has 0 aliphatic heterocycles. The Kier molecular flexibility index (Phi) is 4.14. The lowest BCUT2D eigenvalue weighted by atomic mass is 9.81. The van der Waals surface area contributed by atoms with Gasteiger partial charge in [0.05, 0.1) is 0 Å². The minimum Gasteiger partial charge on any atom is -0.396 e. The van der Waals surface area contributed by atoms with Crippen LogP contribution in [0.15, 0.2) is 24.3 Å². The molecule has 3 rings (SSSR count). The van der Waals surface area contributed by atoms with Crippen molar-refractivity contribution in [1.82, 2.24) is 0 Å². The predicted molar refractivity (Wildman–Crippen MR) is 79.3 cm³/mol. The van der Waals surface area contributed by atoms with E-state index in [4.69, 9.17) is 11.6 Å². The van der Waals surface area contributed by atoms with Crippen LogP contribution in [-0.4, -0.2) is 11.7 Å². The predicted octanol–water partition coefficient (Wildman–Crippen LogP) is 4.32. The van der Waals surface area contributed by atoms with Crippen LogP contribution in [-0.2, 0) is 6.42 Å². The highest BCUT2D eigenvalue weighted by Gasteiger charge is 2.39. The van der Waals surface area contributed by atoms with Gasteiger partial charge in [0.1, 0.15) is 0 Å². The van der Waals surface area contributed by atoms with Crippen molar-refractivity contribution < 1.29 is 5.11 Å². The van der Waals surface area contributed by atoms with E-state index in [0.717, 1.165) is 29.2 Å². The van der Waals surface area contributed by atoms with E-state index in [-0.39, 0.29) is 0 Å². The first-order chi connectivity index (χ1) is 9.24. The minimum atomic E-state index is 0.306. The van der Waals surface area contributed by atoms with Gasteiger partial charge in [0.25, 0.3) is 0 Å². The van der Waals surface area contributed by atoms with E-state index >= 15 is 0 Å². The van der Waals surface area contributed by atoms with Gasteiger partial charge in [-0.3, -0.25) is 0 Å². The van der Waals surface area contributed by atoms with Gasteiger partial charge >= 0.3 is 0 Å². The first-order valence-electron chi connectivity index (χ1n) is 7.60. The zero-order valence-corrected chi connectivity index (χ0v) is 12.1. The van der Waals surface area contributed by atoms with Crippen LogP contribution in [0.4, 0.5) is 0 Å². The Morgan fingerprint density at radius 2 is 2.16 bits per heavy atom. The average molecular weight is 279 g/mol. The second kappa shape index (κ2) is 5.85. The van der Waals surface area contributed by atoms with Gasteiger partial charge < -0.3 is 5.11 Å². The third-order valence-corrected chi connectivity index (χ3v) is 5.43. The van der Waals surface area contributed by atoms with E-state index in [0.29, 0.717) is 12.5 Å². The summed E-state index contributed by atoms with van der Waals surface area (Å²) < 4.78 is 0. The molecule has 0 amide bonds. The Labute approximate surface area is 121 Å². The molecule has 2 heteroatoms. The molecule has 0 heterocycles. The number of benzene rings is 1. The van der Waals surface area contributed by atoms with Gasteiger partial charge in [-0.05, 0) is 73.5 Å². The van der Waals surface area contributed by atoms with Crippen LogP contribution in [0.2, 0.25) is 5.02 Å². The number of hydrogen-bond donors (Lipinski definition) is 1. The highest BCUT2D eigenvalue weighted by Crippen LogP contribution is 2.50. The molecule has 104 valence electrons. The molecule has 19 heavy (non-hydrogen) atoms. The molecule has 1 aromatic rings. The topological polar surface area (TPSA) is 20.2 Å². The maximum atomic E-state index is 9.65. The Hall–Kier alpha value is -0.530. The molecule has 0 aromatic heterocycles. The van der Waals surface area contributed by atoms with E-state index in [9.17, 15) is 5.11 Å². The minimum absolute atomic E-state index is 0.306. The van der Waals surface area contributed by atoms with Crippen LogP contribution in [0.25, 0.3) is 0 Å². The molecule has 1 aromatic carbocycles. The Bertz CT molecular complexity index is 431. The lowest BCUT2D eigenvalue weighted by molar-refractivity contribution is 0.178. The summed E-state index contributed by atoms with van der Waals surface area (Å²) in [7, 11) is 0. The van der Waals surface area contributed by atoms with Crippen LogP contribution >= 0.6 is 11.6 Å². The molecule has 2 bridgehead atoms. The van der Waals surface area contributed by atoms with E-state index in [1.165, 1.54) is 37.7 Å². The van der Waals surface area contributed by atoms with Crippen molar-refractivity contribution in [3.05, 3.63) is 34.9 Å². The number of fused-ring (bicyclic) bond motifs is 2. The van der Waals surface area contributed by atoms with Gasteiger partial charge in [-0.25, -0.2) is 0 Å². The van der Waals surface area contributed by atoms with Crippen molar-refractivity contribution in [3.8, 4) is 0 Å². The molecule has 2 aliphatic rings. The summed E-state index contributed by atoms with van der Waals surface area (Å²) in [5.41, 5.74) is 1.26. The van der Waals surface area contributed by atoms with E-state index < -0.39 is 0 Å². The standard InChI is InChI=1S/C17H23ClO/c18-17-3-1-2-12(10-17)6-14(11-19)9-16-8-13-4-5-15(16)7-13/h1-3,10,13-16,19H,4-9,11H2. The number of aliphatic hydroxyl groups excluding tert-OH is 1. The van der Waals surface area contributed by atoms with Crippen molar-refractivity contribution in [2.45, 2.75) is 38.5 Å². The van der Waals surface area contributed by atoms with Crippen LogP contribution in [0.1, 0.15) is 37.7 Å². The molecule has 0 saturated heterocycles. The molecule has 2 fully saturated rings. The summed E-state index contributed by atoms with van der Waals surface area (Å²) in [6.45, 7) is 0.306. The van der Waals surface area contributed by atoms with Crippen LogP contribution in [0.3, 0.4) is 0 Å². The molecular formula is C17H23ClO. The van der Waals surface area contributed by atoms with Crippen molar-refractivity contribution in [2.24, 2.45) is 23.7 Å². The maximum absolute atomic E-state index is 9.65. The van der Waals surface area contributed by atoms with Gasteiger partial charge in [-0.2, -0.15) is 0 Å². The van der Waals surface area contributed by atoms with Crippen LogP contribution in [0.5, 0.6) is 0 Å². The molecule has 1 nitrogen and oxygen atoms in total. The Morgan fingerprint density at radius 1 is 1.26 bits per heavy atom. The molecular weight excluding hydrogens is 256 g/mol. The largest absolute Gasteiger partial charge is 0.396 e. The lowest BCUT2D eigenvalue weighted by Crippen LogP contribution is -2.19. The second-order valence-corrected chi connectivity index (χ2v) is 6.99. The van der Waals surface area contributed by atoms with Crippen molar-refractivity contribution >= 4 is 11.6 Å². The molecule has 2 aliphatic carbocycles. The molecule has 0 spiro atoms. The SMILES string of the molecule is OCC(Cc1cccc(Cl)c1)CC1CC2CCC1C2. The third kappa shape index (κ3) is 3.14. The summed E-state index contributed by atoms with van der Waals surface area (Å²) in [5, 5.41) is 10.5. The Morgan fingerprint density at radius 3 is 2.79 bits per heavy atom. The smallest absolute Gasteiger partial charge is 0.0462 e. The van der Waals surface area contributed by atoms with E-state index in [2.05, 4.69) is 6.07 Å². The number of halogens is 1. The summed E-state index contributed by atoms with van der Waals surface area (Å²) in [6, 6.07) is 8.07.